The van der Waals surface area contributed by atoms with Gasteiger partial charge in [-0.3, -0.25) is 0 Å². The number of nitrogens with one attached hydrogen (secondary N) is 1. The number of rotatable bonds is 3. The van der Waals surface area contributed by atoms with Crippen molar-refractivity contribution in [2.75, 3.05) is 6.61 Å². The van der Waals surface area contributed by atoms with E-state index in [4.69, 9.17) is 9.26 Å². The van der Waals surface area contributed by atoms with Gasteiger partial charge in [-0.2, -0.15) is 4.72 Å². The van der Waals surface area contributed by atoms with Crippen LogP contribution in [0.1, 0.15) is 23.1 Å². The van der Waals surface area contributed by atoms with E-state index < -0.39 is 16.1 Å². The van der Waals surface area contributed by atoms with Crippen molar-refractivity contribution >= 4 is 10.0 Å². The fraction of sp³-hybridized carbons (Fsp3) is 0.308. The normalized spacial score (nSPS) is 17.8. The zero-order valence-corrected chi connectivity index (χ0v) is 11.9. The van der Waals surface area contributed by atoms with Gasteiger partial charge in [-0.25, -0.2) is 8.42 Å². The molecule has 1 atom stereocenters. The van der Waals surface area contributed by atoms with Crippen molar-refractivity contribution in [1.29, 1.82) is 0 Å². The Bertz CT molecular complexity index is 732. The summed E-state index contributed by atoms with van der Waals surface area (Å²) in [6.07, 6.45) is 0. The van der Waals surface area contributed by atoms with E-state index in [1.54, 1.807) is 13.8 Å². The summed E-state index contributed by atoms with van der Waals surface area (Å²) in [5.74, 6) is 0.987. The van der Waals surface area contributed by atoms with Crippen molar-refractivity contribution in [3.8, 4) is 5.75 Å². The van der Waals surface area contributed by atoms with E-state index in [1.165, 1.54) is 0 Å². The van der Waals surface area contributed by atoms with Gasteiger partial charge in [0.25, 0.3) is 0 Å². The van der Waals surface area contributed by atoms with Crippen molar-refractivity contribution in [3.63, 3.8) is 0 Å². The average Bonchev–Trinajstić information content (AvgIpc) is 2.94. The Kier molecular flexibility index (Phi) is 3.02. The molecule has 0 amide bonds. The van der Waals surface area contributed by atoms with E-state index in [0.717, 1.165) is 5.56 Å². The summed E-state index contributed by atoms with van der Waals surface area (Å²) in [5.41, 5.74) is 1.19. The number of aromatic nitrogens is 1. The van der Waals surface area contributed by atoms with Crippen molar-refractivity contribution < 1.29 is 17.7 Å². The Morgan fingerprint density at radius 3 is 2.75 bits per heavy atom. The van der Waals surface area contributed by atoms with Gasteiger partial charge in [0.15, 0.2) is 5.76 Å². The highest BCUT2D eigenvalue weighted by atomic mass is 32.2. The molecule has 0 aliphatic carbocycles. The molecule has 0 saturated carbocycles. The van der Waals surface area contributed by atoms with Gasteiger partial charge in [0.1, 0.15) is 22.9 Å². The molecule has 0 radical (unpaired) electrons. The van der Waals surface area contributed by atoms with Gasteiger partial charge in [0.05, 0.1) is 6.04 Å². The summed E-state index contributed by atoms with van der Waals surface area (Å²) < 4.78 is 37.9. The van der Waals surface area contributed by atoms with Crippen LogP contribution in [0.2, 0.25) is 0 Å². The second-order valence-electron chi connectivity index (χ2n) is 4.68. The first-order chi connectivity index (χ1) is 9.49. The van der Waals surface area contributed by atoms with Crippen LogP contribution < -0.4 is 9.46 Å². The molecule has 1 N–H and O–H groups in total. The summed E-state index contributed by atoms with van der Waals surface area (Å²) in [6, 6.07) is 6.97. The molecule has 2 aromatic rings. The summed E-state index contributed by atoms with van der Waals surface area (Å²) >= 11 is 0. The Balaban J connectivity index is 1.93. The number of ether oxygens (including phenoxy) is 1. The van der Waals surface area contributed by atoms with E-state index in [2.05, 4.69) is 9.88 Å². The second kappa shape index (κ2) is 4.60. The third-order valence-corrected chi connectivity index (χ3v) is 4.95. The molecule has 3 rings (SSSR count). The third kappa shape index (κ3) is 2.08. The van der Waals surface area contributed by atoms with Crippen molar-refractivity contribution in [1.82, 2.24) is 9.88 Å². The van der Waals surface area contributed by atoms with E-state index in [-0.39, 0.29) is 17.3 Å². The molecule has 0 saturated heterocycles. The molecule has 20 heavy (non-hydrogen) atoms. The Morgan fingerprint density at radius 2 is 2.05 bits per heavy atom. The largest absolute Gasteiger partial charge is 0.491 e. The maximum absolute atomic E-state index is 12.4. The molecule has 6 nitrogen and oxygen atoms in total. The zero-order valence-electron chi connectivity index (χ0n) is 11.1. The monoisotopic (exact) mass is 294 g/mol. The van der Waals surface area contributed by atoms with Crippen molar-refractivity contribution in [3.05, 3.63) is 41.3 Å². The molecule has 2 heterocycles. The van der Waals surface area contributed by atoms with Crippen LogP contribution in [0.25, 0.3) is 0 Å². The Labute approximate surface area is 116 Å². The van der Waals surface area contributed by atoms with Crippen LogP contribution in [0, 0.1) is 13.8 Å². The number of aryl methyl sites for hydroxylation is 2. The molecule has 0 fully saturated rings. The number of sulfonamides is 1. The molecule has 1 aromatic heterocycles. The molecule has 7 heteroatoms. The number of benzene rings is 1. The lowest BCUT2D eigenvalue weighted by atomic mass is 10.1. The van der Waals surface area contributed by atoms with Crippen molar-refractivity contribution in [2.24, 2.45) is 0 Å². The molecule has 0 spiro atoms. The maximum atomic E-state index is 12.4. The highest BCUT2D eigenvalue weighted by Crippen LogP contribution is 2.33. The highest BCUT2D eigenvalue weighted by Gasteiger charge is 2.31. The van der Waals surface area contributed by atoms with Gasteiger partial charge in [0.2, 0.25) is 10.0 Å². The summed E-state index contributed by atoms with van der Waals surface area (Å²) in [5, 5.41) is 3.68. The molecule has 1 aromatic carbocycles. The van der Waals surface area contributed by atoms with E-state index >= 15 is 0 Å². The van der Waals surface area contributed by atoms with Gasteiger partial charge in [-0.15, -0.1) is 0 Å². The first kappa shape index (κ1) is 13.1. The maximum Gasteiger partial charge on any atom is 0.246 e. The Morgan fingerprint density at radius 1 is 1.30 bits per heavy atom. The number of hydrogen-bond acceptors (Lipinski definition) is 5. The summed E-state index contributed by atoms with van der Waals surface area (Å²) in [7, 11) is -3.69. The third-order valence-electron chi connectivity index (χ3n) is 3.23. The van der Waals surface area contributed by atoms with E-state index in [1.807, 2.05) is 24.3 Å². The molecule has 1 unspecified atom stereocenters. The molecular formula is C13H14N2O4S. The average molecular weight is 294 g/mol. The number of para-hydroxylation sites is 1. The highest BCUT2D eigenvalue weighted by molar-refractivity contribution is 7.89. The van der Waals surface area contributed by atoms with E-state index in [0.29, 0.717) is 11.4 Å². The lowest BCUT2D eigenvalue weighted by Crippen LogP contribution is -2.30. The fourth-order valence-corrected chi connectivity index (χ4v) is 3.89. The van der Waals surface area contributed by atoms with Crippen LogP contribution in [-0.4, -0.2) is 20.2 Å². The lowest BCUT2D eigenvalue weighted by molar-refractivity contribution is 0.325. The van der Waals surface area contributed by atoms with Gasteiger partial charge in [0, 0.05) is 5.56 Å². The molecule has 1 aliphatic rings. The predicted molar refractivity (Wildman–Crippen MR) is 71.0 cm³/mol. The van der Waals surface area contributed by atoms with Gasteiger partial charge in [-0.1, -0.05) is 23.4 Å². The van der Waals surface area contributed by atoms with Gasteiger partial charge in [-0.05, 0) is 19.9 Å². The summed E-state index contributed by atoms with van der Waals surface area (Å²) in [6.45, 7) is 3.46. The number of hydrogen-bond donors (Lipinski definition) is 1. The topological polar surface area (TPSA) is 81.4 Å². The standard InChI is InChI=1S/C13H14N2O4S/c1-8-13(9(2)19-14-8)20(16,17)15-11-7-18-12-6-4-3-5-10(11)12/h3-6,11,15H,7H2,1-2H3. The summed E-state index contributed by atoms with van der Waals surface area (Å²) in [4.78, 5) is 0.0990. The smallest absolute Gasteiger partial charge is 0.246 e. The van der Waals surface area contributed by atoms with Crippen molar-refractivity contribution in [2.45, 2.75) is 24.8 Å². The van der Waals surface area contributed by atoms with Gasteiger partial charge < -0.3 is 9.26 Å². The zero-order chi connectivity index (χ0) is 14.3. The van der Waals surface area contributed by atoms with Crippen LogP contribution in [0.5, 0.6) is 5.75 Å². The minimum absolute atomic E-state index is 0.0990. The second-order valence-corrected chi connectivity index (χ2v) is 6.33. The first-order valence-electron chi connectivity index (χ1n) is 6.16. The van der Waals surface area contributed by atoms with Crippen LogP contribution in [-0.2, 0) is 10.0 Å². The molecule has 1 aliphatic heterocycles. The Hall–Kier alpha value is -1.86. The molecule has 106 valence electrons. The van der Waals surface area contributed by atoms with Crippen LogP contribution >= 0.6 is 0 Å². The molecule has 0 bridgehead atoms. The minimum atomic E-state index is -3.69. The van der Waals surface area contributed by atoms with Gasteiger partial charge >= 0.3 is 0 Å². The van der Waals surface area contributed by atoms with Crippen LogP contribution in [0.15, 0.2) is 33.7 Å². The number of nitrogens with zero attached hydrogens (tertiary/aromatic N) is 1. The van der Waals surface area contributed by atoms with Crippen LogP contribution in [0.3, 0.4) is 0 Å². The minimum Gasteiger partial charge on any atom is -0.491 e. The predicted octanol–water partition coefficient (Wildman–Crippen LogP) is 1.70. The lowest BCUT2D eigenvalue weighted by Gasteiger charge is -2.11. The fourth-order valence-electron chi connectivity index (χ4n) is 2.36. The quantitative estimate of drug-likeness (QED) is 0.932. The van der Waals surface area contributed by atoms with E-state index in [9.17, 15) is 8.42 Å². The SMILES string of the molecule is Cc1noc(C)c1S(=O)(=O)NC1COc2ccccc21. The van der Waals surface area contributed by atoms with Crippen LogP contribution in [0.4, 0.5) is 0 Å². The number of fused-ring (bicyclic) bond motifs is 1. The first-order valence-corrected chi connectivity index (χ1v) is 7.64. The molecular weight excluding hydrogens is 280 g/mol.